The molecule has 3 aromatic rings. The van der Waals surface area contributed by atoms with Gasteiger partial charge in [0.25, 0.3) is 5.91 Å². The van der Waals surface area contributed by atoms with E-state index in [1.807, 2.05) is 17.0 Å². The van der Waals surface area contributed by atoms with Gasteiger partial charge in [-0.15, -0.1) is 0 Å². The molecular weight excluding hydrogens is 367 g/mol. The van der Waals surface area contributed by atoms with Crippen LogP contribution >= 0.6 is 11.6 Å². The zero-order valence-electron chi connectivity index (χ0n) is 14.6. The molecule has 0 N–H and O–H groups in total. The summed E-state index contributed by atoms with van der Waals surface area (Å²) in [5.41, 5.74) is 2.16. The van der Waals surface area contributed by atoms with Crippen molar-refractivity contribution in [2.45, 2.75) is 12.8 Å². The van der Waals surface area contributed by atoms with E-state index in [4.69, 9.17) is 16.1 Å². The Morgan fingerprint density at radius 1 is 1.22 bits per heavy atom. The number of nitrogens with zero attached hydrogens (tertiary/aromatic N) is 2. The number of benzene rings is 2. The van der Waals surface area contributed by atoms with Gasteiger partial charge in [-0.1, -0.05) is 41.0 Å². The molecule has 1 aromatic heterocycles. The number of amides is 1. The molecule has 1 amide bonds. The second-order valence-corrected chi connectivity index (χ2v) is 7.19. The monoisotopic (exact) mass is 384 g/mol. The summed E-state index contributed by atoms with van der Waals surface area (Å²) in [7, 11) is 0. The molecule has 0 radical (unpaired) electrons. The van der Waals surface area contributed by atoms with E-state index in [1.165, 1.54) is 18.3 Å². The Hall–Kier alpha value is -2.66. The van der Waals surface area contributed by atoms with Crippen LogP contribution in [0.15, 0.2) is 59.3 Å². The number of carbonyl (C=O) groups excluding carboxylic acids is 1. The summed E-state index contributed by atoms with van der Waals surface area (Å²) < 4.78 is 18.4. The van der Waals surface area contributed by atoms with Crippen molar-refractivity contribution in [3.05, 3.63) is 76.7 Å². The minimum absolute atomic E-state index is 0.104. The van der Waals surface area contributed by atoms with Crippen molar-refractivity contribution < 1.29 is 13.7 Å². The van der Waals surface area contributed by atoms with Gasteiger partial charge in [-0.2, -0.15) is 0 Å². The van der Waals surface area contributed by atoms with E-state index in [0.29, 0.717) is 40.9 Å². The molecule has 0 spiro atoms. The van der Waals surface area contributed by atoms with Crippen LogP contribution in [0.1, 0.15) is 22.3 Å². The van der Waals surface area contributed by atoms with E-state index in [1.54, 1.807) is 24.3 Å². The van der Waals surface area contributed by atoms with E-state index < -0.39 is 0 Å². The zero-order valence-corrected chi connectivity index (χ0v) is 15.3. The van der Waals surface area contributed by atoms with Gasteiger partial charge in [0.05, 0.1) is 11.2 Å². The lowest BCUT2D eigenvalue weighted by atomic mass is 9.99. The van der Waals surface area contributed by atoms with Gasteiger partial charge in [-0.05, 0) is 48.6 Å². The molecule has 4 nitrogen and oxygen atoms in total. The Bertz CT molecular complexity index is 955. The first-order valence-corrected chi connectivity index (χ1v) is 9.23. The second kappa shape index (κ2) is 7.53. The first kappa shape index (κ1) is 17.7. The van der Waals surface area contributed by atoms with Crippen LogP contribution in [0.2, 0.25) is 5.02 Å². The third-order valence-corrected chi connectivity index (χ3v) is 5.26. The molecule has 1 saturated heterocycles. The fraction of sp³-hybridized carbons (Fsp3) is 0.238. The predicted molar refractivity (Wildman–Crippen MR) is 101 cm³/mol. The standard InChI is InChI=1S/C21H18ClFN2O2/c22-19-4-2-1-3-17(19)20-18(12-24-27-20)21(26)25-10-9-15(13-25)11-14-5-7-16(23)8-6-14/h1-8,12,15H,9-11,13H2. The van der Waals surface area contributed by atoms with Crippen molar-refractivity contribution in [3.63, 3.8) is 0 Å². The van der Waals surface area contributed by atoms with Crippen molar-refractivity contribution in [2.24, 2.45) is 5.92 Å². The minimum Gasteiger partial charge on any atom is -0.355 e. The highest BCUT2D eigenvalue weighted by atomic mass is 35.5. The van der Waals surface area contributed by atoms with Gasteiger partial charge >= 0.3 is 0 Å². The maximum absolute atomic E-state index is 13.1. The van der Waals surface area contributed by atoms with E-state index in [0.717, 1.165) is 18.4 Å². The summed E-state index contributed by atoms with van der Waals surface area (Å²) in [5, 5.41) is 4.32. The second-order valence-electron chi connectivity index (χ2n) is 6.78. The fourth-order valence-corrected chi connectivity index (χ4v) is 3.76. The smallest absolute Gasteiger partial charge is 0.259 e. The van der Waals surface area contributed by atoms with Gasteiger partial charge in [-0.25, -0.2) is 4.39 Å². The molecule has 0 aliphatic carbocycles. The van der Waals surface area contributed by atoms with Gasteiger partial charge in [-0.3, -0.25) is 4.79 Å². The van der Waals surface area contributed by atoms with Crippen molar-refractivity contribution in [2.75, 3.05) is 13.1 Å². The molecule has 1 aliphatic heterocycles. The normalized spacial score (nSPS) is 16.7. The molecule has 27 heavy (non-hydrogen) atoms. The van der Waals surface area contributed by atoms with Crippen LogP contribution in [-0.4, -0.2) is 29.1 Å². The topological polar surface area (TPSA) is 46.3 Å². The summed E-state index contributed by atoms with van der Waals surface area (Å²) in [4.78, 5) is 14.8. The molecule has 0 saturated carbocycles. The lowest BCUT2D eigenvalue weighted by molar-refractivity contribution is 0.0787. The van der Waals surface area contributed by atoms with E-state index in [9.17, 15) is 9.18 Å². The van der Waals surface area contributed by atoms with Crippen LogP contribution in [0.25, 0.3) is 11.3 Å². The lowest BCUT2D eigenvalue weighted by Crippen LogP contribution is -2.29. The fourth-order valence-electron chi connectivity index (χ4n) is 3.54. The molecular formula is C21H18ClFN2O2. The number of rotatable bonds is 4. The van der Waals surface area contributed by atoms with E-state index in [-0.39, 0.29) is 11.7 Å². The predicted octanol–water partition coefficient (Wildman–Crippen LogP) is 4.84. The zero-order chi connectivity index (χ0) is 18.8. The number of likely N-dealkylation sites (tertiary alicyclic amines) is 1. The molecule has 1 unspecified atom stereocenters. The maximum atomic E-state index is 13.1. The van der Waals surface area contributed by atoms with Gasteiger partial charge < -0.3 is 9.42 Å². The first-order chi connectivity index (χ1) is 13.1. The van der Waals surface area contributed by atoms with Crippen LogP contribution in [0.3, 0.4) is 0 Å². The number of carbonyl (C=O) groups is 1. The molecule has 1 aliphatic rings. The summed E-state index contributed by atoms with van der Waals surface area (Å²) in [6.45, 7) is 1.33. The van der Waals surface area contributed by atoms with Gasteiger partial charge in [0, 0.05) is 18.7 Å². The molecule has 2 heterocycles. The molecule has 4 rings (SSSR count). The van der Waals surface area contributed by atoms with Gasteiger partial charge in [0.1, 0.15) is 11.4 Å². The molecule has 1 atom stereocenters. The molecule has 0 bridgehead atoms. The van der Waals surface area contributed by atoms with Crippen LogP contribution in [-0.2, 0) is 6.42 Å². The van der Waals surface area contributed by atoms with Crippen molar-refractivity contribution in [3.8, 4) is 11.3 Å². The van der Waals surface area contributed by atoms with E-state index >= 15 is 0 Å². The highest BCUT2D eigenvalue weighted by Crippen LogP contribution is 2.32. The Balaban J connectivity index is 1.48. The van der Waals surface area contributed by atoms with Crippen LogP contribution in [0, 0.1) is 11.7 Å². The highest BCUT2D eigenvalue weighted by molar-refractivity contribution is 6.33. The number of aromatic nitrogens is 1. The average Bonchev–Trinajstić information content (AvgIpc) is 3.33. The lowest BCUT2D eigenvalue weighted by Gasteiger charge is -2.16. The minimum atomic E-state index is -0.235. The van der Waals surface area contributed by atoms with Crippen molar-refractivity contribution in [1.29, 1.82) is 0 Å². The third kappa shape index (κ3) is 3.74. The van der Waals surface area contributed by atoms with Gasteiger partial charge in [0.2, 0.25) is 0 Å². The SMILES string of the molecule is O=C(c1cnoc1-c1ccccc1Cl)N1CCC(Cc2ccc(F)cc2)C1. The number of halogens is 2. The Morgan fingerprint density at radius 3 is 2.78 bits per heavy atom. The van der Waals surface area contributed by atoms with Crippen LogP contribution in [0.4, 0.5) is 4.39 Å². The van der Waals surface area contributed by atoms with Crippen LogP contribution < -0.4 is 0 Å². The largest absolute Gasteiger partial charge is 0.355 e. The number of hydrogen-bond acceptors (Lipinski definition) is 3. The van der Waals surface area contributed by atoms with Crippen molar-refractivity contribution >= 4 is 17.5 Å². The third-order valence-electron chi connectivity index (χ3n) is 4.93. The maximum Gasteiger partial charge on any atom is 0.259 e. The van der Waals surface area contributed by atoms with Crippen LogP contribution in [0.5, 0.6) is 0 Å². The molecule has 138 valence electrons. The highest BCUT2D eigenvalue weighted by Gasteiger charge is 2.30. The summed E-state index contributed by atoms with van der Waals surface area (Å²) in [6, 6.07) is 13.8. The van der Waals surface area contributed by atoms with E-state index in [2.05, 4.69) is 5.16 Å². The van der Waals surface area contributed by atoms with Crippen molar-refractivity contribution in [1.82, 2.24) is 10.1 Å². The molecule has 1 fully saturated rings. The Morgan fingerprint density at radius 2 is 2.00 bits per heavy atom. The molecule has 2 aromatic carbocycles. The molecule has 6 heteroatoms. The Kier molecular flexibility index (Phi) is 4.94. The Labute approximate surface area is 161 Å². The summed E-state index contributed by atoms with van der Waals surface area (Å²) in [5.74, 6) is 0.407. The summed E-state index contributed by atoms with van der Waals surface area (Å²) >= 11 is 6.24. The van der Waals surface area contributed by atoms with Gasteiger partial charge in [0.15, 0.2) is 5.76 Å². The summed E-state index contributed by atoms with van der Waals surface area (Å²) in [6.07, 6.45) is 3.19. The number of hydrogen-bond donors (Lipinski definition) is 0. The average molecular weight is 385 g/mol. The quantitative estimate of drug-likeness (QED) is 0.646. The first-order valence-electron chi connectivity index (χ1n) is 8.85.